The highest BCUT2D eigenvalue weighted by Gasteiger charge is 2.36. The van der Waals surface area contributed by atoms with Gasteiger partial charge in [-0.25, -0.2) is 4.90 Å². The number of nitro benzene ring substituents is 1. The maximum absolute atomic E-state index is 12.4. The van der Waals surface area contributed by atoms with Crippen LogP contribution in [0.15, 0.2) is 30.3 Å². The van der Waals surface area contributed by atoms with Gasteiger partial charge >= 0.3 is 0 Å². The van der Waals surface area contributed by atoms with E-state index in [-0.39, 0.29) is 16.8 Å². The van der Waals surface area contributed by atoms with E-state index in [4.69, 9.17) is 0 Å². The molecule has 0 saturated carbocycles. The Morgan fingerprint density at radius 3 is 2.48 bits per heavy atom. The molecule has 21 heavy (non-hydrogen) atoms. The highest BCUT2D eigenvalue weighted by molar-refractivity contribution is 6.25. The number of aliphatic hydroxyl groups is 1. The van der Waals surface area contributed by atoms with Crippen LogP contribution in [0.5, 0.6) is 0 Å². The van der Waals surface area contributed by atoms with Crippen molar-refractivity contribution in [2.45, 2.75) is 13.2 Å². The number of benzene rings is 2. The molecule has 0 saturated heterocycles. The van der Waals surface area contributed by atoms with Gasteiger partial charge in [0.1, 0.15) is 6.23 Å². The van der Waals surface area contributed by atoms with E-state index in [9.17, 15) is 24.8 Å². The Labute approximate surface area is 118 Å². The van der Waals surface area contributed by atoms with Crippen molar-refractivity contribution in [3.63, 3.8) is 0 Å². The van der Waals surface area contributed by atoms with Gasteiger partial charge in [0.2, 0.25) is 0 Å². The van der Waals surface area contributed by atoms with Gasteiger partial charge in [0, 0.05) is 23.1 Å². The van der Waals surface area contributed by atoms with Crippen LogP contribution in [0.2, 0.25) is 0 Å². The lowest BCUT2D eigenvalue weighted by Crippen LogP contribution is -2.45. The minimum atomic E-state index is -1.31. The van der Waals surface area contributed by atoms with E-state index in [1.54, 1.807) is 12.1 Å². The second-order valence-electron chi connectivity index (χ2n) is 4.77. The Kier molecular flexibility index (Phi) is 2.74. The maximum Gasteiger partial charge on any atom is 0.270 e. The molecular formula is C14H10N2O5. The summed E-state index contributed by atoms with van der Waals surface area (Å²) in [5.74, 6) is -1.34. The third kappa shape index (κ3) is 1.78. The Balaban J connectivity index is 2.40. The molecule has 106 valence electrons. The number of non-ortho nitro benzene ring substituents is 1. The molecule has 0 radical (unpaired) electrons. The second-order valence-corrected chi connectivity index (χ2v) is 4.77. The molecule has 7 nitrogen and oxygen atoms in total. The van der Waals surface area contributed by atoms with E-state index in [0.717, 1.165) is 6.07 Å². The highest BCUT2D eigenvalue weighted by atomic mass is 16.6. The normalized spacial score (nSPS) is 15.4. The van der Waals surface area contributed by atoms with Crippen molar-refractivity contribution in [2.24, 2.45) is 0 Å². The van der Waals surface area contributed by atoms with E-state index in [1.807, 2.05) is 0 Å². The molecule has 1 aliphatic rings. The Morgan fingerprint density at radius 2 is 1.86 bits per heavy atom. The first-order valence-electron chi connectivity index (χ1n) is 6.19. The van der Waals surface area contributed by atoms with Gasteiger partial charge in [0.25, 0.3) is 17.5 Å². The topological polar surface area (TPSA) is 101 Å². The molecule has 1 heterocycles. The van der Waals surface area contributed by atoms with Crippen LogP contribution in [-0.2, 0) is 0 Å². The Bertz CT molecular complexity index is 812. The minimum absolute atomic E-state index is 0.0512. The first-order valence-corrected chi connectivity index (χ1v) is 6.19. The molecule has 0 bridgehead atoms. The van der Waals surface area contributed by atoms with E-state index >= 15 is 0 Å². The minimum Gasteiger partial charge on any atom is -0.373 e. The molecule has 2 amide bonds. The maximum atomic E-state index is 12.4. The standard InChI is InChI=1S/C14H10N2O5/c1-7(17)15-13(18)10-4-2-3-8-5-9(16(20)21)6-11(12(8)10)14(15)19/h2-7,17H,1H3. The van der Waals surface area contributed by atoms with Gasteiger partial charge < -0.3 is 5.11 Å². The summed E-state index contributed by atoms with van der Waals surface area (Å²) in [6.07, 6.45) is -1.31. The van der Waals surface area contributed by atoms with Crippen molar-refractivity contribution >= 4 is 28.3 Å². The van der Waals surface area contributed by atoms with Crippen molar-refractivity contribution in [3.8, 4) is 0 Å². The van der Waals surface area contributed by atoms with Crippen LogP contribution < -0.4 is 0 Å². The Morgan fingerprint density at radius 1 is 1.19 bits per heavy atom. The largest absolute Gasteiger partial charge is 0.373 e. The van der Waals surface area contributed by atoms with Gasteiger partial charge in [-0.2, -0.15) is 0 Å². The van der Waals surface area contributed by atoms with Crippen molar-refractivity contribution < 1.29 is 19.6 Å². The van der Waals surface area contributed by atoms with Gasteiger partial charge in [-0.15, -0.1) is 0 Å². The van der Waals surface area contributed by atoms with Crippen LogP contribution in [-0.4, -0.2) is 33.0 Å². The summed E-state index contributed by atoms with van der Waals surface area (Å²) in [7, 11) is 0. The third-order valence-corrected chi connectivity index (χ3v) is 3.44. The quantitative estimate of drug-likeness (QED) is 0.514. The van der Waals surface area contributed by atoms with Crippen LogP contribution in [0.1, 0.15) is 27.6 Å². The number of carbonyl (C=O) groups is 2. The molecule has 0 aromatic heterocycles. The molecule has 0 fully saturated rings. The predicted molar refractivity (Wildman–Crippen MR) is 72.8 cm³/mol. The fraction of sp³-hybridized carbons (Fsp3) is 0.143. The fourth-order valence-electron chi connectivity index (χ4n) is 2.56. The SMILES string of the molecule is CC(O)N1C(=O)c2cccc3cc([N+](=O)[O-])cc(c23)C1=O. The number of hydrogen-bond donors (Lipinski definition) is 1. The van der Waals surface area contributed by atoms with Gasteiger partial charge in [-0.3, -0.25) is 19.7 Å². The zero-order valence-corrected chi connectivity index (χ0v) is 10.9. The van der Waals surface area contributed by atoms with Gasteiger partial charge in [0.15, 0.2) is 0 Å². The van der Waals surface area contributed by atoms with Gasteiger partial charge in [0.05, 0.1) is 10.5 Å². The molecule has 1 unspecified atom stereocenters. The highest BCUT2D eigenvalue weighted by Crippen LogP contribution is 2.33. The lowest BCUT2D eigenvalue weighted by molar-refractivity contribution is -0.384. The summed E-state index contributed by atoms with van der Waals surface area (Å²) in [5.41, 5.74) is 0.0658. The second kappa shape index (κ2) is 4.35. The molecular weight excluding hydrogens is 276 g/mol. The van der Waals surface area contributed by atoms with Crippen molar-refractivity contribution in [3.05, 3.63) is 51.6 Å². The number of aliphatic hydroxyl groups excluding tert-OH is 1. The van der Waals surface area contributed by atoms with E-state index in [2.05, 4.69) is 0 Å². The number of amides is 2. The summed E-state index contributed by atoms with van der Waals surface area (Å²) < 4.78 is 0. The zero-order chi connectivity index (χ0) is 15.3. The summed E-state index contributed by atoms with van der Waals surface area (Å²) >= 11 is 0. The summed E-state index contributed by atoms with van der Waals surface area (Å²) in [5, 5.41) is 21.4. The van der Waals surface area contributed by atoms with Crippen LogP contribution >= 0.6 is 0 Å². The van der Waals surface area contributed by atoms with Crippen LogP contribution in [0.25, 0.3) is 10.8 Å². The zero-order valence-electron chi connectivity index (χ0n) is 10.9. The van der Waals surface area contributed by atoms with E-state index in [1.165, 1.54) is 19.1 Å². The third-order valence-electron chi connectivity index (χ3n) is 3.44. The lowest BCUT2D eigenvalue weighted by atomic mass is 9.93. The molecule has 3 rings (SSSR count). The van der Waals surface area contributed by atoms with Crippen molar-refractivity contribution in [1.82, 2.24) is 4.90 Å². The first-order chi connectivity index (χ1) is 9.91. The van der Waals surface area contributed by atoms with Crippen molar-refractivity contribution in [2.75, 3.05) is 0 Å². The summed E-state index contributed by atoms with van der Waals surface area (Å²) in [6.45, 7) is 1.29. The molecule has 1 N–H and O–H groups in total. The van der Waals surface area contributed by atoms with E-state index < -0.39 is 23.0 Å². The molecule has 0 aliphatic carbocycles. The molecule has 2 aromatic carbocycles. The summed E-state index contributed by atoms with van der Waals surface area (Å²) in [6, 6.07) is 7.17. The fourth-order valence-corrected chi connectivity index (χ4v) is 2.56. The van der Waals surface area contributed by atoms with Gasteiger partial charge in [-0.05, 0) is 18.4 Å². The molecule has 0 spiro atoms. The number of carbonyl (C=O) groups excluding carboxylic acids is 2. The molecule has 7 heteroatoms. The average molecular weight is 286 g/mol. The number of imide groups is 1. The smallest absolute Gasteiger partial charge is 0.270 e. The number of rotatable bonds is 2. The molecule has 1 aliphatic heterocycles. The van der Waals surface area contributed by atoms with Crippen LogP contribution in [0, 0.1) is 10.1 Å². The number of nitrogens with zero attached hydrogens (tertiary/aromatic N) is 2. The van der Waals surface area contributed by atoms with Crippen molar-refractivity contribution in [1.29, 1.82) is 0 Å². The first kappa shape index (κ1) is 13.2. The number of hydrogen-bond acceptors (Lipinski definition) is 5. The van der Waals surface area contributed by atoms with Crippen LogP contribution in [0.4, 0.5) is 5.69 Å². The Hall–Kier alpha value is -2.80. The average Bonchev–Trinajstić information content (AvgIpc) is 2.43. The lowest BCUT2D eigenvalue weighted by Gasteiger charge is -2.28. The predicted octanol–water partition coefficient (Wildman–Crippen LogP) is 1.68. The molecule has 1 atom stereocenters. The van der Waals surface area contributed by atoms with Gasteiger partial charge in [-0.1, -0.05) is 12.1 Å². The van der Waals surface area contributed by atoms with Crippen LogP contribution in [0.3, 0.4) is 0 Å². The monoisotopic (exact) mass is 286 g/mol. The summed E-state index contributed by atoms with van der Waals surface area (Å²) in [4.78, 5) is 35.7. The van der Waals surface area contributed by atoms with E-state index in [0.29, 0.717) is 15.7 Å². The molecule has 2 aromatic rings. The number of nitro groups is 1.